The lowest BCUT2D eigenvalue weighted by molar-refractivity contribution is 0.385. The van der Waals surface area contributed by atoms with E-state index >= 15 is 0 Å². The first-order chi connectivity index (χ1) is 13.2. The lowest BCUT2D eigenvalue weighted by atomic mass is 9.91. The summed E-state index contributed by atoms with van der Waals surface area (Å²) in [5.41, 5.74) is 1.82. The smallest absolute Gasteiger partial charge is 0.0398 e. The van der Waals surface area contributed by atoms with E-state index in [1.165, 1.54) is 44.1 Å². The van der Waals surface area contributed by atoms with Crippen LogP contribution in [-0.4, -0.2) is 0 Å². The molecular formula is C28H60. The third-order valence-electron chi connectivity index (χ3n) is 2.83. The third-order valence-corrected chi connectivity index (χ3v) is 2.83. The van der Waals surface area contributed by atoms with Gasteiger partial charge < -0.3 is 0 Å². The van der Waals surface area contributed by atoms with Gasteiger partial charge >= 0.3 is 0 Å². The zero-order valence-electron chi connectivity index (χ0n) is 22.7. The van der Waals surface area contributed by atoms with Crippen molar-refractivity contribution in [3.63, 3.8) is 0 Å². The van der Waals surface area contributed by atoms with Gasteiger partial charge in [0.15, 0.2) is 0 Å². The summed E-state index contributed by atoms with van der Waals surface area (Å²) in [6.45, 7) is 29.4. The lowest BCUT2D eigenvalue weighted by Gasteiger charge is -2.15. The number of hydrogen-bond donors (Lipinski definition) is 0. The maximum Gasteiger partial charge on any atom is -0.0398 e. The SMILES string of the molecule is CC.CC.CC.CC(C)(C)C.CC1CCCCC1.CCC.Cc1ccccc1. The van der Waals surface area contributed by atoms with Gasteiger partial charge in [-0.05, 0) is 18.3 Å². The number of aryl methyl sites for hydroxylation is 1. The Kier molecular flexibility index (Phi) is 45.7. The van der Waals surface area contributed by atoms with Crippen molar-refractivity contribution in [1.82, 2.24) is 0 Å². The second-order valence-electron chi connectivity index (χ2n) is 8.10. The van der Waals surface area contributed by atoms with Gasteiger partial charge in [-0.2, -0.15) is 0 Å². The average molecular weight is 397 g/mol. The van der Waals surface area contributed by atoms with Crippen LogP contribution < -0.4 is 0 Å². The minimum absolute atomic E-state index is 0.500. The van der Waals surface area contributed by atoms with Crippen LogP contribution >= 0.6 is 0 Å². The monoisotopic (exact) mass is 396 g/mol. The van der Waals surface area contributed by atoms with Crippen LogP contribution in [0, 0.1) is 18.3 Å². The van der Waals surface area contributed by atoms with Gasteiger partial charge in [-0.3, -0.25) is 0 Å². The van der Waals surface area contributed by atoms with Crippen molar-refractivity contribution in [3.05, 3.63) is 35.9 Å². The Morgan fingerprint density at radius 1 is 0.714 bits per heavy atom. The summed E-state index contributed by atoms with van der Waals surface area (Å²) in [7, 11) is 0. The summed E-state index contributed by atoms with van der Waals surface area (Å²) < 4.78 is 0. The maximum absolute atomic E-state index is 2.36. The molecule has 172 valence electrons. The fourth-order valence-corrected chi connectivity index (χ4v) is 1.84. The summed E-state index contributed by atoms with van der Waals surface area (Å²) >= 11 is 0. The van der Waals surface area contributed by atoms with Crippen LogP contribution in [-0.2, 0) is 0 Å². The van der Waals surface area contributed by atoms with E-state index in [4.69, 9.17) is 0 Å². The minimum Gasteiger partial charge on any atom is -0.0683 e. The van der Waals surface area contributed by atoms with Crippen molar-refractivity contribution in [2.45, 2.75) is 135 Å². The second-order valence-corrected chi connectivity index (χ2v) is 8.10. The van der Waals surface area contributed by atoms with Crippen LogP contribution in [0.2, 0.25) is 0 Å². The van der Waals surface area contributed by atoms with Crippen LogP contribution in [0.25, 0.3) is 0 Å². The maximum atomic E-state index is 2.36. The van der Waals surface area contributed by atoms with E-state index in [-0.39, 0.29) is 0 Å². The Morgan fingerprint density at radius 2 is 1.00 bits per heavy atom. The molecule has 0 aromatic heterocycles. The Bertz CT molecular complexity index is 293. The highest BCUT2D eigenvalue weighted by atomic mass is 14.1. The molecule has 1 aromatic carbocycles. The summed E-state index contributed by atoms with van der Waals surface area (Å²) in [4.78, 5) is 0. The summed E-state index contributed by atoms with van der Waals surface area (Å²) in [6, 6.07) is 10.3. The first kappa shape index (κ1) is 37.9. The van der Waals surface area contributed by atoms with Gasteiger partial charge in [0.2, 0.25) is 0 Å². The van der Waals surface area contributed by atoms with Crippen LogP contribution in [0.15, 0.2) is 30.3 Å². The summed E-state index contributed by atoms with van der Waals surface area (Å²) in [5.74, 6) is 1.04. The molecule has 0 unspecified atom stereocenters. The van der Waals surface area contributed by atoms with Gasteiger partial charge in [-0.25, -0.2) is 0 Å². The molecule has 0 radical (unpaired) electrons. The van der Waals surface area contributed by atoms with Gasteiger partial charge in [-0.1, -0.05) is 164 Å². The predicted molar refractivity (Wildman–Crippen MR) is 139 cm³/mol. The molecule has 0 nitrogen and oxygen atoms in total. The molecule has 0 spiro atoms. The molecule has 1 aliphatic rings. The first-order valence-electron chi connectivity index (χ1n) is 12.2. The molecule has 28 heavy (non-hydrogen) atoms. The van der Waals surface area contributed by atoms with Gasteiger partial charge in [0.25, 0.3) is 0 Å². The highest BCUT2D eigenvalue weighted by Gasteiger charge is 2.05. The highest BCUT2D eigenvalue weighted by molar-refractivity contribution is 5.11. The van der Waals surface area contributed by atoms with Crippen LogP contribution in [0.3, 0.4) is 0 Å². The summed E-state index contributed by atoms with van der Waals surface area (Å²) in [6.07, 6.45) is 8.69. The Labute approximate surface area is 182 Å². The molecule has 1 fully saturated rings. The lowest BCUT2D eigenvalue weighted by Crippen LogP contribution is -1.99. The van der Waals surface area contributed by atoms with E-state index in [0.717, 1.165) is 5.92 Å². The van der Waals surface area contributed by atoms with Crippen molar-refractivity contribution >= 4 is 0 Å². The molecule has 0 heteroatoms. The third kappa shape index (κ3) is 63.9. The van der Waals surface area contributed by atoms with Gasteiger partial charge in [-0.15, -0.1) is 0 Å². The van der Waals surface area contributed by atoms with E-state index in [1.54, 1.807) is 0 Å². The molecule has 0 aliphatic heterocycles. The Balaban J connectivity index is -0.0000000794. The van der Waals surface area contributed by atoms with E-state index in [9.17, 15) is 0 Å². The molecule has 0 amide bonds. The standard InChI is InChI=1S/C7H14.C7H8.C5H12.C3H8.3C2H6/c2*1-7-5-3-2-4-6-7;1-5(2,3)4;1-3-2;3*1-2/h7H,2-6H2,1H3;2-6H,1H3;1-4H3;3H2,1-2H3;3*1-2H3. The molecule has 0 atom stereocenters. The van der Waals surface area contributed by atoms with Crippen LogP contribution in [0.4, 0.5) is 0 Å². The van der Waals surface area contributed by atoms with Gasteiger partial charge in [0, 0.05) is 0 Å². The van der Waals surface area contributed by atoms with Crippen molar-refractivity contribution in [2.24, 2.45) is 11.3 Å². The molecule has 1 aliphatic carbocycles. The van der Waals surface area contributed by atoms with Gasteiger partial charge in [0.05, 0.1) is 0 Å². The fraction of sp³-hybridized carbons (Fsp3) is 0.786. The van der Waals surface area contributed by atoms with Crippen molar-refractivity contribution in [3.8, 4) is 0 Å². The fourth-order valence-electron chi connectivity index (χ4n) is 1.84. The molecule has 0 bridgehead atoms. The Morgan fingerprint density at radius 3 is 1.14 bits per heavy atom. The zero-order valence-corrected chi connectivity index (χ0v) is 22.7. The number of rotatable bonds is 0. The summed E-state index contributed by atoms with van der Waals surface area (Å²) in [5, 5.41) is 0. The number of benzene rings is 1. The molecule has 0 saturated heterocycles. The first-order valence-corrected chi connectivity index (χ1v) is 12.2. The van der Waals surface area contributed by atoms with Crippen LogP contribution in [0.1, 0.15) is 134 Å². The van der Waals surface area contributed by atoms with E-state index in [2.05, 4.69) is 67.5 Å². The molecule has 1 aromatic rings. The Hall–Kier alpha value is -0.780. The van der Waals surface area contributed by atoms with E-state index in [1.807, 2.05) is 59.7 Å². The molecule has 2 rings (SSSR count). The topological polar surface area (TPSA) is 0 Å². The minimum atomic E-state index is 0.500. The molecule has 0 N–H and O–H groups in total. The zero-order chi connectivity index (χ0) is 23.4. The quantitative estimate of drug-likeness (QED) is 0.409. The second kappa shape index (κ2) is 33.8. The van der Waals surface area contributed by atoms with Crippen molar-refractivity contribution in [1.29, 1.82) is 0 Å². The molecular weight excluding hydrogens is 336 g/mol. The van der Waals surface area contributed by atoms with Crippen molar-refractivity contribution in [2.75, 3.05) is 0 Å². The number of hydrogen-bond acceptors (Lipinski definition) is 0. The average Bonchev–Trinajstić information content (AvgIpc) is 2.68. The highest BCUT2D eigenvalue weighted by Crippen LogP contribution is 2.22. The largest absolute Gasteiger partial charge is 0.0683 e. The molecule has 0 heterocycles. The van der Waals surface area contributed by atoms with E-state index in [0.29, 0.717) is 5.41 Å². The predicted octanol–water partition coefficient (Wildman–Crippen LogP) is 11.1. The normalized spacial score (nSPS) is 11.9. The van der Waals surface area contributed by atoms with Crippen molar-refractivity contribution < 1.29 is 0 Å². The molecule has 1 saturated carbocycles. The van der Waals surface area contributed by atoms with Crippen LogP contribution in [0.5, 0.6) is 0 Å². The van der Waals surface area contributed by atoms with Gasteiger partial charge in [0.1, 0.15) is 0 Å². The van der Waals surface area contributed by atoms with E-state index < -0.39 is 0 Å².